The van der Waals surface area contributed by atoms with Crippen LogP contribution in [0.1, 0.15) is 5.56 Å². The number of aromatic nitrogens is 2. The first-order chi connectivity index (χ1) is 15.8. The van der Waals surface area contributed by atoms with Gasteiger partial charge in [0.15, 0.2) is 0 Å². The number of nitrogens with zero attached hydrogens (tertiary/aromatic N) is 1. The van der Waals surface area contributed by atoms with E-state index in [1.54, 1.807) is 0 Å². The molecule has 0 spiro atoms. The zero-order valence-electron chi connectivity index (χ0n) is 17.5. The van der Waals surface area contributed by atoms with E-state index in [4.69, 9.17) is 0 Å². The summed E-state index contributed by atoms with van der Waals surface area (Å²) in [4.78, 5) is 13.3. The molecular weight excluding hydrogens is 396 g/mol. The highest BCUT2D eigenvalue weighted by Gasteiger charge is 2.21. The van der Waals surface area contributed by atoms with Crippen LogP contribution in [0.2, 0.25) is 0 Å². The molecule has 0 saturated heterocycles. The van der Waals surface area contributed by atoms with Crippen LogP contribution in [0.25, 0.3) is 44.3 Å². The molecule has 4 heteroatoms. The summed E-state index contributed by atoms with van der Waals surface area (Å²) in [6, 6.07) is 31.9. The molecule has 1 heterocycles. The van der Waals surface area contributed by atoms with Gasteiger partial charge < -0.3 is 5.11 Å². The zero-order valence-corrected chi connectivity index (χ0v) is 17.5. The molecule has 0 amide bonds. The summed E-state index contributed by atoms with van der Waals surface area (Å²) in [5.74, 6) is 0. The number of H-pyrrole nitrogens is 1. The second-order valence-electron chi connectivity index (χ2n) is 7.72. The van der Waals surface area contributed by atoms with Crippen molar-refractivity contribution in [1.29, 1.82) is 0 Å². The first kappa shape index (κ1) is 19.9. The van der Waals surface area contributed by atoms with Crippen LogP contribution in [-0.4, -0.2) is 21.9 Å². The summed E-state index contributed by atoms with van der Waals surface area (Å²) in [6.45, 7) is 0.0469. The number of fused-ring (bicyclic) bond motifs is 1. The molecule has 0 radical (unpaired) electrons. The molecule has 0 aliphatic rings. The molecule has 1 aromatic heterocycles. The van der Waals surface area contributed by atoms with E-state index in [2.05, 4.69) is 16.3 Å². The first-order valence-electron chi connectivity index (χ1n) is 10.6. The fourth-order valence-corrected chi connectivity index (χ4v) is 4.25. The van der Waals surface area contributed by atoms with Crippen LogP contribution in [0.3, 0.4) is 0 Å². The van der Waals surface area contributed by atoms with Crippen LogP contribution in [0.5, 0.6) is 0 Å². The van der Waals surface area contributed by atoms with Gasteiger partial charge in [-0.1, -0.05) is 97.1 Å². The number of aromatic amines is 1. The smallest absolute Gasteiger partial charge is 0.272 e. The van der Waals surface area contributed by atoms with E-state index >= 15 is 0 Å². The van der Waals surface area contributed by atoms with Crippen molar-refractivity contribution in [2.75, 3.05) is 6.61 Å². The van der Waals surface area contributed by atoms with E-state index in [-0.39, 0.29) is 12.2 Å². The van der Waals surface area contributed by atoms with Crippen molar-refractivity contribution in [1.82, 2.24) is 10.2 Å². The van der Waals surface area contributed by atoms with E-state index in [1.165, 1.54) is 0 Å². The molecule has 0 aliphatic carbocycles. The number of nitrogens with one attached hydrogen (secondary N) is 1. The third kappa shape index (κ3) is 3.61. The topological polar surface area (TPSA) is 66.0 Å². The third-order valence-electron chi connectivity index (χ3n) is 5.68. The van der Waals surface area contributed by atoms with Crippen molar-refractivity contribution in [3.63, 3.8) is 0 Å². The summed E-state index contributed by atoms with van der Waals surface area (Å²) in [5, 5.41) is 18.8. The van der Waals surface area contributed by atoms with Crippen molar-refractivity contribution in [3.05, 3.63) is 113 Å². The average Bonchev–Trinajstić information content (AvgIpc) is 2.85. The maximum atomic E-state index is 13.3. The molecule has 4 aromatic carbocycles. The summed E-state index contributed by atoms with van der Waals surface area (Å²) in [6.07, 6.45) is 0.521. The molecule has 5 rings (SSSR count). The summed E-state index contributed by atoms with van der Waals surface area (Å²) in [7, 11) is 0. The molecule has 2 N–H and O–H groups in total. The van der Waals surface area contributed by atoms with Crippen LogP contribution in [0.15, 0.2) is 102 Å². The number of rotatable bonds is 5. The Morgan fingerprint density at radius 3 is 2.12 bits per heavy atom. The second kappa shape index (κ2) is 8.61. The number of aliphatic hydroxyl groups excluding tert-OH is 1. The molecule has 0 bridgehead atoms. The quantitative estimate of drug-likeness (QED) is 0.398. The Morgan fingerprint density at radius 1 is 0.750 bits per heavy atom. The number of aliphatic hydroxyl groups is 1. The lowest BCUT2D eigenvalue weighted by atomic mass is 9.88. The van der Waals surface area contributed by atoms with Gasteiger partial charge in [0.1, 0.15) is 0 Å². The van der Waals surface area contributed by atoms with Gasteiger partial charge in [-0.15, -0.1) is 0 Å². The molecular formula is C28H22N2O2. The third-order valence-corrected chi connectivity index (χ3v) is 5.68. The summed E-state index contributed by atoms with van der Waals surface area (Å²) < 4.78 is 0. The lowest BCUT2D eigenvalue weighted by Gasteiger charge is -2.16. The second-order valence-corrected chi connectivity index (χ2v) is 7.72. The molecule has 0 fully saturated rings. The fourth-order valence-electron chi connectivity index (χ4n) is 4.25. The zero-order chi connectivity index (χ0) is 21.9. The van der Waals surface area contributed by atoms with E-state index in [9.17, 15) is 9.90 Å². The standard InChI is InChI=1S/C28H22N2O2/c31-16-15-19-17-22-13-7-8-14-23(22)24(18-19)26-25(20-9-3-1-4-10-20)27(29-30-28(26)32)21-11-5-2-6-12-21/h1-14,17-18,31H,15-16H2,(H,30,32). The summed E-state index contributed by atoms with van der Waals surface area (Å²) >= 11 is 0. The first-order valence-corrected chi connectivity index (χ1v) is 10.6. The molecule has 0 aliphatic heterocycles. The SMILES string of the molecule is O=c1[nH]nc(-c2ccccc2)c(-c2ccccc2)c1-c1cc(CCO)cc2ccccc12. The van der Waals surface area contributed by atoms with Gasteiger partial charge in [-0.2, -0.15) is 5.10 Å². The fraction of sp³-hybridized carbons (Fsp3) is 0.0714. The van der Waals surface area contributed by atoms with Gasteiger partial charge in [-0.25, -0.2) is 5.10 Å². The largest absolute Gasteiger partial charge is 0.396 e. The Bertz CT molecular complexity index is 1440. The van der Waals surface area contributed by atoms with Crippen LogP contribution < -0.4 is 5.56 Å². The minimum atomic E-state index is -0.241. The maximum absolute atomic E-state index is 13.3. The highest BCUT2D eigenvalue weighted by molar-refractivity contribution is 6.03. The number of hydrogen-bond donors (Lipinski definition) is 2. The van der Waals surface area contributed by atoms with Gasteiger partial charge in [0, 0.05) is 17.7 Å². The minimum Gasteiger partial charge on any atom is -0.396 e. The molecule has 32 heavy (non-hydrogen) atoms. The van der Waals surface area contributed by atoms with Crippen molar-refractivity contribution in [2.45, 2.75) is 6.42 Å². The molecule has 0 saturated carbocycles. The normalized spacial score (nSPS) is 11.0. The Hall–Kier alpha value is -4.02. The van der Waals surface area contributed by atoms with E-state index < -0.39 is 0 Å². The number of hydrogen-bond acceptors (Lipinski definition) is 3. The summed E-state index contributed by atoms with van der Waals surface area (Å²) in [5.41, 5.74) is 5.55. The van der Waals surface area contributed by atoms with E-state index in [0.717, 1.165) is 44.3 Å². The van der Waals surface area contributed by atoms with Crippen molar-refractivity contribution < 1.29 is 5.11 Å². The van der Waals surface area contributed by atoms with Crippen LogP contribution >= 0.6 is 0 Å². The lowest BCUT2D eigenvalue weighted by molar-refractivity contribution is 0.299. The van der Waals surface area contributed by atoms with Crippen molar-refractivity contribution in [2.24, 2.45) is 0 Å². The van der Waals surface area contributed by atoms with Gasteiger partial charge in [-0.05, 0) is 33.9 Å². The van der Waals surface area contributed by atoms with Gasteiger partial charge in [0.2, 0.25) is 0 Å². The molecule has 4 nitrogen and oxygen atoms in total. The maximum Gasteiger partial charge on any atom is 0.272 e. The predicted octanol–water partition coefficient (Wildman–Crippen LogP) is 5.46. The Balaban J connectivity index is 1.91. The van der Waals surface area contributed by atoms with Crippen molar-refractivity contribution in [3.8, 4) is 33.5 Å². The lowest BCUT2D eigenvalue weighted by Crippen LogP contribution is -2.14. The highest BCUT2D eigenvalue weighted by Crippen LogP contribution is 2.39. The molecule has 5 aromatic rings. The minimum absolute atomic E-state index is 0.0469. The van der Waals surface area contributed by atoms with Gasteiger partial charge in [-0.3, -0.25) is 4.79 Å². The van der Waals surface area contributed by atoms with E-state index in [1.807, 2.05) is 91.0 Å². The van der Waals surface area contributed by atoms with Crippen LogP contribution in [0.4, 0.5) is 0 Å². The van der Waals surface area contributed by atoms with Crippen molar-refractivity contribution >= 4 is 10.8 Å². The average molecular weight is 418 g/mol. The van der Waals surface area contributed by atoms with Gasteiger partial charge in [0.25, 0.3) is 5.56 Å². The Kier molecular flexibility index (Phi) is 5.36. The van der Waals surface area contributed by atoms with Gasteiger partial charge >= 0.3 is 0 Å². The molecule has 0 atom stereocenters. The molecule has 156 valence electrons. The highest BCUT2D eigenvalue weighted by atomic mass is 16.3. The Morgan fingerprint density at radius 2 is 1.41 bits per heavy atom. The monoisotopic (exact) mass is 418 g/mol. The molecule has 0 unspecified atom stereocenters. The Labute approximate surface area is 185 Å². The van der Waals surface area contributed by atoms with E-state index in [0.29, 0.717) is 12.0 Å². The number of benzene rings is 4. The van der Waals surface area contributed by atoms with Crippen LogP contribution in [-0.2, 0) is 6.42 Å². The van der Waals surface area contributed by atoms with Crippen LogP contribution in [0, 0.1) is 0 Å². The predicted molar refractivity (Wildman–Crippen MR) is 129 cm³/mol. The van der Waals surface area contributed by atoms with Gasteiger partial charge in [0.05, 0.1) is 11.3 Å².